The lowest BCUT2D eigenvalue weighted by Crippen LogP contribution is -2.29. The summed E-state index contributed by atoms with van der Waals surface area (Å²) in [6.07, 6.45) is 6.03. The number of nitrogens with one attached hydrogen (secondary N) is 2. The maximum absolute atomic E-state index is 11.8. The van der Waals surface area contributed by atoms with Crippen LogP contribution in [-0.4, -0.2) is 28.0 Å². The molecule has 1 fully saturated rings. The molecule has 0 aliphatic heterocycles. The van der Waals surface area contributed by atoms with Crippen molar-refractivity contribution in [2.75, 3.05) is 11.9 Å². The van der Waals surface area contributed by atoms with Gasteiger partial charge in [-0.3, -0.25) is 4.79 Å². The van der Waals surface area contributed by atoms with Gasteiger partial charge in [0.2, 0.25) is 5.91 Å². The number of rotatable bonds is 5. The number of aromatic nitrogens is 2. The normalized spacial score (nSPS) is 14.2. The van der Waals surface area contributed by atoms with E-state index in [-0.39, 0.29) is 5.91 Å². The molecule has 0 unspecified atom stereocenters. The third-order valence-electron chi connectivity index (χ3n) is 3.35. The van der Waals surface area contributed by atoms with Crippen LogP contribution in [0.1, 0.15) is 12.8 Å². The Morgan fingerprint density at radius 3 is 3.00 bits per heavy atom. The molecule has 1 aliphatic carbocycles. The number of nitrogens with zero attached hydrogens (tertiary/aromatic N) is 2. The summed E-state index contributed by atoms with van der Waals surface area (Å²) in [4.78, 5) is 16.1. The number of anilines is 1. The van der Waals surface area contributed by atoms with Crippen molar-refractivity contribution >= 4 is 11.6 Å². The smallest absolute Gasteiger partial charge is 0.238 e. The van der Waals surface area contributed by atoms with Crippen LogP contribution in [0.5, 0.6) is 0 Å². The van der Waals surface area contributed by atoms with Crippen LogP contribution in [0, 0.1) is 0 Å². The molecule has 3 rings (SSSR count). The Balaban J connectivity index is 1.67. The molecule has 2 N–H and O–H groups in total. The van der Waals surface area contributed by atoms with Crippen LogP contribution in [0.2, 0.25) is 0 Å². The van der Waals surface area contributed by atoms with Gasteiger partial charge in [-0.15, -0.1) is 0 Å². The zero-order valence-electron chi connectivity index (χ0n) is 11.5. The molecular weight excluding hydrogens is 252 g/mol. The highest BCUT2D eigenvalue weighted by atomic mass is 16.1. The first-order chi connectivity index (χ1) is 9.72. The first kappa shape index (κ1) is 12.9. The quantitative estimate of drug-likeness (QED) is 0.870. The van der Waals surface area contributed by atoms with Crippen LogP contribution in [0.25, 0.3) is 11.4 Å². The zero-order chi connectivity index (χ0) is 13.9. The summed E-state index contributed by atoms with van der Waals surface area (Å²) in [5.74, 6) is 0.881. The third-order valence-corrected chi connectivity index (χ3v) is 3.35. The summed E-state index contributed by atoms with van der Waals surface area (Å²) in [7, 11) is 1.95. The van der Waals surface area contributed by atoms with Gasteiger partial charge in [-0.1, -0.05) is 12.1 Å². The highest BCUT2D eigenvalue weighted by Gasteiger charge is 2.21. The molecule has 0 saturated heterocycles. The van der Waals surface area contributed by atoms with Crippen molar-refractivity contribution < 1.29 is 4.79 Å². The monoisotopic (exact) mass is 270 g/mol. The van der Waals surface area contributed by atoms with Gasteiger partial charge in [0.05, 0.1) is 6.54 Å². The van der Waals surface area contributed by atoms with E-state index in [2.05, 4.69) is 15.6 Å². The minimum Gasteiger partial charge on any atom is -0.334 e. The SMILES string of the molecule is Cn1ccnc1-c1cccc(NC(=O)CNC2CC2)c1. The fraction of sp³-hybridized carbons (Fsp3) is 0.333. The second kappa shape index (κ2) is 5.46. The number of imidazole rings is 1. The molecule has 1 aromatic heterocycles. The van der Waals surface area contributed by atoms with Gasteiger partial charge in [-0.25, -0.2) is 4.98 Å². The second-order valence-corrected chi connectivity index (χ2v) is 5.15. The summed E-state index contributed by atoms with van der Waals surface area (Å²) < 4.78 is 1.95. The van der Waals surface area contributed by atoms with Crippen LogP contribution in [-0.2, 0) is 11.8 Å². The minimum atomic E-state index is -0.00566. The van der Waals surface area contributed by atoms with E-state index in [1.807, 2.05) is 42.1 Å². The van der Waals surface area contributed by atoms with E-state index in [1.54, 1.807) is 6.20 Å². The molecular formula is C15H18N4O. The lowest BCUT2D eigenvalue weighted by Gasteiger charge is -2.08. The molecule has 20 heavy (non-hydrogen) atoms. The van der Waals surface area contributed by atoms with Crippen molar-refractivity contribution in [1.82, 2.24) is 14.9 Å². The summed E-state index contributed by atoms with van der Waals surface area (Å²) in [5, 5.41) is 6.11. The minimum absolute atomic E-state index is 0.00566. The molecule has 1 heterocycles. The van der Waals surface area contributed by atoms with E-state index >= 15 is 0 Å². The van der Waals surface area contributed by atoms with Crippen LogP contribution in [0.3, 0.4) is 0 Å². The van der Waals surface area contributed by atoms with Crippen LogP contribution >= 0.6 is 0 Å². The average Bonchev–Trinajstić information content (AvgIpc) is 3.17. The van der Waals surface area contributed by atoms with E-state index in [0.717, 1.165) is 17.1 Å². The predicted octanol–water partition coefficient (Wildman–Crippen LogP) is 1.78. The Bertz CT molecular complexity index is 616. The molecule has 2 aromatic rings. The molecule has 1 aliphatic rings. The van der Waals surface area contributed by atoms with Gasteiger partial charge in [0, 0.05) is 36.7 Å². The van der Waals surface area contributed by atoms with Crippen LogP contribution in [0.4, 0.5) is 5.69 Å². The Labute approximate surface area is 118 Å². The van der Waals surface area contributed by atoms with Crippen molar-refractivity contribution in [3.05, 3.63) is 36.7 Å². The maximum Gasteiger partial charge on any atom is 0.238 e. The van der Waals surface area contributed by atoms with Gasteiger partial charge in [0.25, 0.3) is 0 Å². The molecule has 0 bridgehead atoms. The van der Waals surface area contributed by atoms with Gasteiger partial charge >= 0.3 is 0 Å². The Hall–Kier alpha value is -2.14. The van der Waals surface area contributed by atoms with Crippen molar-refractivity contribution in [2.45, 2.75) is 18.9 Å². The topological polar surface area (TPSA) is 59.0 Å². The highest BCUT2D eigenvalue weighted by molar-refractivity contribution is 5.92. The Morgan fingerprint density at radius 2 is 2.30 bits per heavy atom. The Morgan fingerprint density at radius 1 is 1.45 bits per heavy atom. The summed E-state index contributed by atoms with van der Waals surface area (Å²) in [6.45, 7) is 0.372. The summed E-state index contributed by atoms with van der Waals surface area (Å²) >= 11 is 0. The van der Waals surface area contributed by atoms with E-state index in [4.69, 9.17) is 0 Å². The molecule has 0 spiro atoms. The number of hydrogen-bond donors (Lipinski definition) is 2. The number of amides is 1. The molecule has 5 heteroatoms. The maximum atomic E-state index is 11.8. The zero-order valence-corrected chi connectivity index (χ0v) is 11.5. The number of benzene rings is 1. The van der Waals surface area contributed by atoms with Crippen molar-refractivity contribution in [1.29, 1.82) is 0 Å². The largest absolute Gasteiger partial charge is 0.334 e. The third kappa shape index (κ3) is 3.05. The number of carbonyl (C=O) groups is 1. The number of aryl methyl sites for hydroxylation is 1. The molecule has 1 aromatic carbocycles. The van der Waals surface area contributed by atoms with E-state index in [9.17, 15) is 4.79 Å². The lowest BCUT2D eigenvalue weighted by molar-refractivity contribution is -0.115. The van der Waals surface area contributed by atoms with Gasteiger partial charge in [0.15, 0.2) is 0 Å². The van der Waals surface area contributed by atoms with Crippen molar-refractivity contribution in [3.63, 3.8) is 0 Å². The molecule has 1 saturated carbocycles. The van der Waals surface area contributed by atoms with Crippen molar-refractivity contribution in [3.8, 4) is 11.4 Å². The predicted molar refractivity (Wildman–Crippen MR) is 78.3 cm³/mol. The van der Waals surface area contributed by atoms with E-state index in [1.165, 1.54) is 12.8 Å². The van der Waals surface area contributed by atoms with Gasteiger partial charge < -0.3 is 15.2 Å². The molecule has 104 valence electrons. The van der Waals surface area contributed by atoms with Crippen molar-refractivity contribution in [2.24, 2.45) is 7.05 Å². The molecule has 0 radical (unpaired) electrons. The number of carbonyl (C=O) groups excluding carboxylic acids is 1. The first-order valence-electron chi connectivity index (χ1n) is 6.83. The Kier molecular flexibility index (Phi) is 3.52. The van der Waals surface area contributed by atoms with Gasteiger partial charge in [-0.2, -0.15) is 0 Å². The highest BCUT2D eigenvalue weighted by Crippen LogP contribution is 2.21. The average molecular weight is 270 g/mol. The fourth-order valence-corrected chi connectivity index (χ4v) is 2.11. The van der Waals surface area contributed by atoms with Crippen LogP contribution < -0.4 is 10.6 Å². The summed E-state index contributed by atoms with van der Waals surface area (Å²) in [6, 6.07) is 8.28. The van der Waals surface area contributed by atoms with E-state index in [0.29, 0.717) is 12.6 Å². The number of hydrogen-bond acceptors (Lipinski definition) is 3. The van der Waals surface area contributed by atoms with Gasteiger partial charge in [0.1, 0.15) is 5.82 Å². The second-order valence-electron chi connectivity index (χ2n) is 5.15. The molecule has 5 nitrogen and oxygen atoms in total. The van der Waals surface area contributed by atoms with Crippen LogP contribution in [0.15, 0.2) is 36.7 Å². The van der Waals surface area contributed by atoms with E-state index < -0.39 is 0 Å². The van der Waals surface area contributed by atoms with Gasteiger partial charge in [-0.05, 0) is 25.0 Å². The standard InChI is InChI=1S/C15H18N4O/c1-19-8-7-16-15(19)11-3-2-4-13(9-11)18-14(20)10-17-12-5-6-12/h2-4,7-9,12,17H,5-6,10H2,1H3,(H,18,20). The molecule has 0 atom stereocenters. The molecule has 1 amide bonds. The first-order valence-corrected chi connectivity index (χ1v) is 6.83. The lowest BCUT2D eigenvalue weighted by atomic mass is 10.2. The fourth-order valence-electron chi connectivity index (χ4n) is 2.11. The summed E-state index contributed by atoms with van der Waals surface area (Å²) in [5.41, 5.74) is 1.79.